The number of H-pyrrole nitrogens is 1. The van der Waals surface area contributed by atoms with Crippen LogP contribution in [-0.2, 0) is 4.79 Å². The molecule has 3 aromatic rings. The van der Waals surface area contributed by atoms with Crippen LogP contribution >= 0.6 is 0 Å². The zero-order valence-electron chi connectivity index (χ0n) is 12.6. The molecule has 6 nitrogen and oxygen atoms in total. The van der Waals surface area contributed by atoms with Gasteiger partial charge in [0.05, 0.1) is 17.0 Å². The quantitative estimate of drug-likeness (QED) is 0.762. The van der Waals surface area contributed by atoms with Crippen molar-refractivity contribution in [2.75, 3.05) is 6.61 Å². The summed E-state index contributed by atoms with van der Waals surface area (Å²) < 4.78 is 5.00. The highest BCUT2D eigenvalue weighted by Crippen LogP contribution is 2.14. The lowest BCUT2D eigenvalue weighted by Crippen LogP contribution is -2.28. The summed E-state index contributed by atoms with van der Waals surface area (Å²) >= 11 is 0. The van der Waals surface area contributed by atoms with Crippen LogP contribution in [0.25, 0.3) is 23.2 Å². The third-order valence-electron chi connectivity index (χ3n) is 3.30. The normalized spacial score (nSPS) is 11.0. The first-order valence-electron chi connectivity index (χ1n) is 7.22. The standard InChI is InChI=1S/C18H14N2O4/c21-17(22)11-24-13-8-5-12(6-9-13)7-10-16-18(23)20-15-4-2-1-3-14(15)19-16/h1-10H,11H2,(H,20,23)(H,21,22)/p-1/b10-7+. The van der Waals surface area contributed by atoms with E-state index in [0.717, 1.165) is 5.56 Å². The molecule has 0 unspecified atom stereocenters. The van der Waals surface area contributed by atoms with Crippen molar-refractivity contribution < 1.29 is 14.6 Å². The van der Waals surface area contributed by atoms with Crippen LogP contribution in [0.2, 0.25) is 0 Å². The number of carbonyl (C=O) groups excluding carboxylic acids is 1. The summed E-state index contributed by atoms with van der Waals surface area (Å²) in [6.07, 6.45) is 3.37. The minimum absolute atomic E-state index is 0.265. The topological polar surface area (TPSA) is 95.1 Å². The second kappa shape index (κ2) is 6.78. The van der Waals surface area contributed by atoms with Crippen molar-refractivity contribution >= 4 is 29.2 Å². The maximum atomic E-state index is 12.0. The molecule has 1 N–H and O–H groups in total. The molecule has 0 aliphatic carbocycles. The molecule has 3 rings (SSSR count). The van der Waals surface area contributed by atoms with Crippen molar-refractivity contribution in [3.8, 4) is 5.75 Å². The molecule has 1 aromatic heterocycles. The minimum atomic E-state index is -1.28. The summed E-state index contributed by atoms with van der Waals surface area (Å²) in [5, 5.41) is 10.3. The van der Waals surface area contributed by atoms with Gasteiger partial charge in [-0.3, -0.25) is 4.79 Å². The first-order valence-corrected chi connectivity index (χ1v) is 7.22. The number of fused-ring (bicyclic) bond motifs is 1. The Balaban J connectivity index is 1.79. The lowest BCUT2D eigenvalue weighted by Gasteiger charge is -2.06. The molecule has 6 heteroatoms. The zero-order valence-corrected chi connectivity index (χ0v) is 12.6. The van der Waals surface area contributed by atoms with Gasteiger partial charge in [-0.05, 0) is 35.9 Å². The number of para-hydroxylation sites is 2. The fourth-order valence-electron chi connectivity index (χ4n) is 2.15. The average molecular weight is 321 g/mol. The van der Waals surface area contributed by atoms with Gasteiger partial charge in [0, 0.05) is 0 Å². The number of carboxylic acid groups (broad SMARTS) is 1. The molecule has 0 aliphatic rings. The van der Waals surface area contributed by atoms with Crippen molar-refractivity contribution in [1.29, 1.82) is 0 Å². The van der Waals surface area contributed by atoms with Crippen molar-refractivity contribution in [3.05, 3.63) is 70.1 Å². The van der Waals surface area contributed by atoms with Crippen LogP contribution in [0, 0.1) is 0 Å². The maximum absolute atomic E-state index is 12.0. The van der Waals surface area contributed by atoms with Crippen molar-refractivity contribution in [3.63, 3.8) is 0 Å². The van der Waals surface area contributed by atoms with Crippen LogP contribution < -0.4 is 15.4 Å². The summed E-state index contributed by atoms with van der Waals surface area (Å²) in [6.45, 7) is -0.494. The number of benzene rings is 2. The Morgan fingerprint density at radius 1 is 1.12 bits per heavy atom. The van der Waals surface area contributed by atoms with E-state index in [-0.39, 0.29) is 5.56 Å². The van der Waals surface area contributed by atoms with E-state index in [1.54, 1.807) is 42.5 Å². The van der Waals surface area contributed by atoms with Gasteiger partial charge in [-0.2, -0.15) is 0 Å². The number of hydrogen-bond donors (Lipinski definition) is 1. The van der Waals surface area contributed by atoms with Crippen LogP contribution in [0.4, 0.5) is 0 Å². The van der Waals surface area contributed by atoms with Crippen molar-refractivity contribution in [2.45, 2.75) is 0 Å². The third-order valence-corrected chi connectivity index (χ3v) is 3.30. The van der Waals surface area contributed by atoms with Gasteiger partial charge >= 0.3 is 0 Å². The van der Waals surface area contributed by atoms with Gasteiger partial charge in [-0.25, -0.2) is 4.98 Å². The van der Waals surface area contributed by atoms with Gasteiger partial charge in [0.15, 0.2) is 0 Å². The average Bonchev–Trinajstić information content (AvgIpc) is 2.59. The molecule has 0 bridgehead atoms. The highest BCUT2D eigenvalue weighted by Gasteiger charge is 2.01. The van der Waals surface area contributed by atoms with Crippen LogP contribution in [0.15, 0.2) is 53.3 Å². The van der Waals surface area contributed by atoms with E-state index in [1.165, 1.54) is 0 Å². The van der Waals surface area contributed by atoms with Gasteiger partial charge in [-0.15, -0.1) is 0 Å². The van der Waals surface area contributed by atoms with Gasteiger partial charge in [0.1, 0.15) is 18.1 Å². The Labute approximate surface area is 137 Å². The minimum Gasteiger partial charge on any atom is -0.546 e. The molecule has 0 saturated heterocycles. The molecule has 0 amide bonds. The molecule has 0 atom stereocenters. The molecule has 0 radical (unpaired) electrons. The Hall–Kier alpha value is -3.41. The molecule has 120 valence electrons. The number of aromatic nitrogens is 2. The van der Waals surface area contributed by atoms with E-state index in [0.29, 0.717) is 22.5 Å². The van der Waals surface area contributed by atoms with E-state index in [9.17, 15) is 14.7 Å². The lowest BCUT2D eigenvalue weighted by molar-refractivity contribution is -0.307. The molecule has 24 heavy (non-hydrogen) atoms. The Kier molecular flexibility index (Phi) is 4.38. The lowest BCUT2D eigenvalue weighted by atomic mass is 10.2. The smallest absolute Gasteiger partial charge is 0.274 e. The second-order valence-corrected chi connectivity index (χ2v) is 5.03. The van der Waals surface area contributed by atoms with E-state index >= 15 is 0 Å². The van der Waals surface area contributed by atoms with E-state index < -0.39 is 12.6 Å². The predicted octanol–water partition coefficient (Wildman–Crippen LogP) is 1.22. The third kappa shape index (κ3) is 3.67. The molecular weight excluding hydrogens is 308 g/mol. The number of rotatable bonds is 5. The fraction of sp³-hybridized carbons (Fsp3) is 0.0556. The van der Waals surface area contributed by atoms with Gasteiger partial charge in [0.25, 0.3) is 5.56 Å². The summed E-state index contributed by atoms with van der Waals surface area (Å²) in [5.74, 6) is -0.849. The molecule has 0 aliphatic heterocycles. The number of carbonyl (C=O) groups is 1. The maximum Gasteiger partial charge on any atom is 0.274 e. The number of aromatic amines is 1. The van der Waals surface area contributed by atoms with E-state index in [1.807, 2.05) is 18.2 Å². The first kappa shape index (κ1) is 15.5. The molecular formula is C18H13N2O4-. The monoisotopic (exact) mass is 321 g/mol. The van der Waals surface area contributed by atoms with Crippen LogP contribution in [0.3, 0.4) is 0 Å². The van der Waals surface area contributed by atoms with E-state index in [4.69, 9.17) is 4.74 Å². The summed E-state index contributed by atoms with van der Waals surface area (Å²) in [7, 11) is 0. The van der Waals surface area contributed by atoms with Crippen LogP contribution in [-0.4, -0.2) is 22.5 Å². The summed E-state index contributed by atoms with van der Waals surface area (Å²) in [4.78, 5) is 29.5. The van der Waals surface area contributed by atoms with Crippen molar-refractivity contribution in [2.24, 2.45) is 0 Å². The summed E-state index contributed by atoms with van der Waals surface area (Å²) in [5.41, 5.74) is 2.27. The van der Waals surface area contributed by atoms with E-state index in [2.05, 4.69) is 9.97 Å². The number of ether oxygens (including phenoxy) is 1. The molecule has 0 fully saturated rings. The predicted molar refractivity (Wildman–Crippen MR) is 88.2 cm³/mol. The SMILES string of the molecule is O=C([O-])COc1ccc(/C=C/c2nc3ccccc3[nH]c2=O)cc1. The Morgan fingerprint density at radius 3 is 2.62 bits per heavy atom. The highest BCUT2D eigenvalue weighted by molar-refractivity contribution is 5.76. The molecule has 2 aromatic carbocycles. The number of aliphatic carboxylic acids is 1. The Bertz CT molecular complexity index is 959. The fourth-order valence-corrected chi connectivity index (χ4v) is 2.15. The second-order valence-electron chi connectivity index (χ2n) is 5.03. The molecule has 0 saturated carbocycles. The van der Waals surface area contributed by atoms with Crippen molar-refractivity contribution in [1.82, 2.24) is 9.97 Å². The van der Waals surface area contributed by atoms with Gasteiger partial charge in [0.2, 0.25) is 0 Å². The summed E-state index contributed by atoms with van der Waals surface area (Å²) in [6, 6.07) is 14.1. The number of hydrogen-bond acceptors (Lipinski definition) is 5. The van der Waals surface area contributed by atoms with Gasteiger partial charge < -0.3 is 19.6 Å². The van der Waals surface area contributed by atoms with Gasteiger partial charge in [-0.1, -0.05) is 30.3 Å². The van der Waals surface area contributed by atoms with Crippen LogP contribution in [0.1, 0.15) is 11.3 Å². The molecule has 0 spiro atoms. The number of carboxylic acids is 1. The first-order chi connectivity index (χ1) is 11.6. The highest BCUT2D eigenvalue weighted by atomic mass is 16.5. The largest absolute Gasteiger partial charge is 0.546 e. The number of nitrogens with one attached hydrogen (secondary N) is 1. The van der Waals surface area contributed by atoms with Crippen LogP contribution in [0.5, 0.6) is 5.75 Å². The molecule has 1 heterocycles. The Morgan fingerprint density at radius 2 is 1.88 bits per heavy atom. The number of nitrogens with zero attached hydrogens (tertiary/aromatic N) is 1. The zero-order chi connectivity index (χ0) is 16.9.